The molecule has 0 fully saturated rings. The maximum absolute atomic E-state index is 9.79. The third-order valence-corrected chi connectivity index (χ3v) is 2.50. The molecule has 0 spiro atoms. The molecule has 0 heterocycles. The quantitative estimate of drug-likeness (QED) is 0.779. The lowest BCUT2D eigenvalue weighted by molar-refractivity contribution is 0.110. The molecule has 1 rings (SSSR count). The second-order valence-electron chi connectivity index (χ2n) is 3.79. The van der Waals surface area contributed by atoms with Crippen LogP contribution in [0.15, 0.2) is 24.3 Å². The van der Waals surface area contributed by atoms with Crippen LogP contribution in [0.25, 0.3) is 0 Å². The number of methoxy groups -OCH3 is 1. The molecule has 0 radical (unpaired) electrons. The molecule has 84 valence electrons. The molecule has 1 aromatic rings. The summed E-state index contributed by atoms with van der Waals surface area (Å²) in [7, 11) is 1.65. The van der Waals surface area contributed by atoms with Gasteiger partial charge in [0, 0.05) is 20.1 Å². The highest BCUT2D eigenvalue weighted by atomic mass is 16.5. The van der Waals surface area contributed by atoms with Crippen LogP contribution in [0, 0.1) is 0 Å². The first-order valence-electron chi connectivity index (χ1n) is 5.53. The van der Waals surface area contributed by atoms with Gasteiger partial charge in [0.2, 0.25) is 0 Å². The van der Waals surface area contributed by atoms with Crippen LogP contribution < -0.4 is 0 Å². The number of aliphatic hydroxyl groups excluding tert-OH is 1. The third-order valence-electron chi connectivity index (χ3n) is 2.50. The van der Waals surface area contributed by atoms with Gasteiger partial charge in [-0.1, -0.05) is 37.6 Å². The van der Waals surface area contributed by atoms with E-state index in [1.54, 1.807) is 7.11 Å². The van der Waals surface area contributed by atoms with Crippen molar-refractivity contribution in [1.29, 1.82) is 0 Å². The number of rotatable bonds is 6. The Morgan fingerprint density at radius 1 is 1.27 bits per heavy atom. The highest BCUT2D eigenvalue weighted by Crippen LogP contribution is 2.17. The SMILES string of the molecule is CCCc1ccc(C(O)CCOC)cc1. The zero-order valence-corrected chi connectivity index (χ0v) is 9.57. The van der Waals surface area contributed by atoms with Crippen LogP contribution in [-0.4, -0.2) is 18.8 Å². The number of benzene rings is 1. The lowest BCUT2D eigenvalue weighted by Gasteiger charge is -2.10. The van der Waals surface area contributed by atoms with Crippen molar-refractivity contribution in [3.05, 3.63) is 35.4 Å². The van der Waals surface area contributed by atoms with E-state index in [0.717, 1.165) is 18.4 Å². The molecule has 0 aromatic heterocycles. The van der Waals surface area contributed by atoms with E-state index in [-0.39, 0.29) is 0 Å². The van der Waals surface area contributed by atoms with Crippen molar-refractivity contribution in [2.45, 2.75) is 32.3 Å². The maximum atomic E-state index is 9.79. The summed E-state index contributed by atoms with van der Waals surface area (Å²) in [5.41, 5.74) is 2.31. The Morgan fingerprint density at radius 3 is 2.47 bits per heavy atom. The summed E-state index contributed by atoms with van der Waals surface area (Å²) in [6.45, 7) is 2.76. The third kappa shape index (κ3) is 4.02. The Morgan fingerprint density at radius 2 is 1.93 bits per heavy atom. The zero-order chi connectivity index (χ0) is 11.1. The maximum Gasteiger partial charge on any atom is 0.0812 e. The number of aryl methyl sites for hydroxylation is 1. The van der Waals surface area contributed by atoms with Crippen LogP contribution in [0.1, 0.15) is 37.0 Å². The average Bonchev–Trinajstić information content (AvgIpc) is 2.27. The van der Waals surface area contributed by atoms with E-state index >= 15 is 0 Å². The van der Waals surface area contributed by atoms with Gasteiger partial charge in [-0.2, -0.15) is 0 Å². The van der Waals surface area contributed by atoms with Crippen LogP contribution in [0.2, 0.25) is 0 Å². The monoisotopic (exact) mass is 208 g/mol. The van der Waals surface area contributed by atoms with Gasteiger partial charge < -0.3 is 9.84 Å². The Balaban J connectivity index is 2.54. The number of aliphatic hydroxyl groups is 1. The lowest BCUT2D eigenvalue weighted by atomic mass is 10.0. The molecule has 1 unspecified atom stereocenters. The van der Waals surface area contributed by atoms with Crippen LogP contribution in [-0.2, 0) is 11.2 Å². The number of hydrogen-bond acceptors (Lipinski definition) is 2. The predicted octanol–water partition coefficient (Wildman–Crippen LogP) is 2.71. The van der Waals surface area contributed by atoms with Crippen LogP contribution in [0.3, 0.4) is 0 Å². The Bertz CT molecular complexity index is 266. The van der Waals surface area contributed by atoms with Crippen molar-refractivity contribution in [3.8, 4) is 0 Å². The van der Waals surface area contributed by atoms with Gasteiger partial charge in [0.1, 0.15) is 0 Å². The van der Waals surface area contributed by atoms with Gasteiger partial charge in [-0.25, -0.2) is 0 Å². The predicted molar refractivity (Wildman–Crippen MR) is 61.9 cm³/mol. The molecule has 1 aromatic carbocycles. The topological polar surface area (TPSA) is 29.5 Å². The van der Waals surface area contributed by atoms with Crippen molar-refractivity contribution in [2.24, 2.45) is 0 Å². The van der Waals surface area contributed by atoms with Gasteiger partial charge in [0.15, 0.2) is 0 Å². The molecule has 0 aliphatic rings. The molecule has 0 amide bonds. The highest BCUT2D eigenvalue weighted by molar-refractivity contribution is 5.24. The van der Waals surface area contributed by atoms with E-state index in [0.29, 0.717) is 13.0 Å². The molecule has 1 N–H and O–H groups in total. The van der Waals surface area contributed by atoms with Gasteiger partial charge in [-0.05, 0) is 17.5 Å². The molecule has 0 saturated carbocycles. The molecule has 2 nitrogen and oxygen atoms in total. The summed E-state index contributed by atoms with van der Waals surface area (Å²) in [5, 5.41) is 9.79. The fourth-order valence-electron chi connectivity index (χ4n) is 1.59. The van der Waals surface area contributed by atoms with E-state index in [2.05, 4.69) is 19.1 Å². The van der Waals surface area contributed by atoms with Crippen LogP contribution in [0.5, 0.6) is 0 Å². The van der Waals surface area contributed by atoms with Crippen molar-refractivity contribution >= 4 is 0 Å². The summed E-state index contributed by atoms with van der Waals surface area (Å²) < 4.78 is 4.94. The fraction of sp³-hybridized carbons (Fsp3) is 0.538. The fourth-order valence-corrected chi connectivity index (χ4v) is 1.59. The number of ether oxygens (including phenoxy) is 1. The first-order chi connectivity index (χ1) is 7.27. The normalized spacial score (nSPS) is 12.7. The average molecular weight is 208 g/mol. The van der Waals surface area contributed by atoms with Crippen molar-refractivity contribution in [3.63, 3.8) is 0 Å². The Labute approximate surface area is 91.9 Å². The molecular weight excluding hydrogens is 188 g/mol. The minimum absolute atomic E-state index is 0.402. The standard InChI is InChI=1S/C13H20O2/c1-3-4-11-5-7-12(8-6-11)13(14)9-10-15-2/h5-8,13-14H,3-4,9-10H2,1-2H3. The van der Waals surface area contributed by atoms with E-state index in [1.807, 2.05) is 12.1 Å². The molecule has 0 bridgehead atoms. The molecular formula is C13H20O2. The summed E-state index contributed by atoms with van der Waals surface area (Å²) in [4.78, 5) is 0. The second kappa shape index (κ2) is 6.59. The second-order valence-corrected chi connectivity index (χ2v) is 3.79. The minimum atomic E-state index is -0.402. The van der Waals surface area contributed by atoms with Crippen molar-refractivity contribution < 1.29 is 9.84 Å². The van der Waals surface area contributed by atoms with Crippen LogP contribution >= 0.6 is 0 Å². The van der Waals surface area contributed by atoms with Crippen molar-refractivity contribution in [2.75, 3.05) is 13.7 Å². The van der Waals surface area contributed by atoms with Gasteiger partial charge in [-0.15, -0.1) is 0 Å². The Hall–Kier alpha value is -0.860. The molecule has 0 saturated heterocycles. The Kier molecular flexibility index (Phi) is 5.37. The van der Waals surface area contributed by atoms with Crippen molar-refractivity contribution in [1.82, 2.24) is 0 Å². The van der Waals surface area contributed by atoms with Crippen LogP contribution in [0.4, 0.5) is 0 Å². The molecule has 1 atom stereocenters. The van der Waals surface area contributed by atoms with E-state index in [1.165, 1.54) is 5.56 Å². The zero-order valence-electron chi connectivity index (χ0n) is 9.57. The van der Waals surface area contributed by atoms with E-state index < -0.39 is 6.10 Å². The van der Waals surface area contributed by atoms with Gasteiger partial charge >= 0.3 is 0 Å². The molecule has 0 aliphatic heterocycles. The highest BCUT2D eigenvalue weighted by Gasteiger charge is 2.06. The summed E-state index contributed by atoms with van der Waals surface area (Å²) in [6.07, 6.45) is 2.52. The van der Waals surface area contributed by atoms with Gasteiger partial charge in [0.25, 0.3) is 0 Å². The lowest BCUT2D eigenvalue weighted by Crippen LogP contribution is -2.01. The first kappa shape index (κ1) is 12.2. The minimum Gasteiger partial charge on any atom is -0.388 e. The summed E-state index contributed by atoms with van der Waals surface area (Å²) in [5.74, 6) is 0. The molecule has 0 aliphatic carbocycles. The van der Waals surface area contributed by atoms with E-state index in [9.17, 15) is 5.11 Å². The summed E-state index contributed by atoms with van der Waals surface area (Å²) >= 11 is 0. The van der Waals surface area contributed by atoms with E-state index in [4.69, 9.17) is 4.74 Å². The largest absolute Gasteiger partial charge is 0.388 e. The number of hydrogen-bond donors (Lipinski definition) is 1. The summed E-state index contributed by atoms with van der Waals surface area (Å²) in [6, 6.07) is 8.19. The van der Waals surface area contributed by atoms with Gasteiger partial charge in [-0.3, -0.25) is 0 Å². The smallest absolute Gasteiger partial charge is 0.0812 e. The molecule has 2 heteroatoms. The van der Waals surface area contributed by atoms with Gasteiger partial charge in [0.05, 0.1) is 6.10 Å². The first-order valence-corrected chi connectivity index (χ1v) is 5.53. The molecule has 15 heavy (non-hydrogen) atoms.